The quantitative estimate of drug-likeness (QED) is 0.816. The van der Waals surface area contributed by atoms with Crippen molar-refractivity contribution in [3.63, 3.8) is 0 Å². The van der Waals surface area contributed by atoms with Crippen LogP contribution in [0.2, 0.25) is 0 Å². The Bertz CT molecular complexity index is 430. The van der Waals surface area contributed by atoms with E-state index in [0.717, 1.165) is 5.69 Å². The molecule has 18 heavy (non-hydrogen) atoms. The van der Waals surface area contributed by atoms with Crippen molar-refractivity contribution in [1.82, 2.24) is 10.2 Å². The van der Waals surface area contributed by atoms with E-state index in [-0.39, 0.29) is 11.8 Å². The van der Waals surface area contributed by atoms with E-state index in [9.17, 15) is 9.59 Å². The molecule has 0 heterocycles. The van der Waals surface area contributed by atoms with Crippen molar-refractivity contribution >= 4 is 17.5 Å². The van der Waals surface area contributed by atoms with Crippen LogP contribution in [-0.4, -0.2) is 44.4 Å². The first kappa shape index (κ1) is 14.0. The zero-order valence-electron chi connectivity index (χ0n) is 11.0. The summed E-state index contributed by atoms with van der Waals surface area (Å²) in [5.74, 6) is -0.177. The minimum atomic E-state index is -0.175. The summed E-state index contributed by atoms with van der Waals surface area (Å²) in [6.45, 7) is 0.341. The zero-order valence-corrected chi connectivity index (χ0v) is 11.0. The average Bonchev–Trinajstić information content (AvgIpc) is 2.38. The van der Waals surface area contributed by atoms with Gasteiger partial charge < -0.3 is 15.5 Å². The second-order valence-corrected chi connectivity index (χ2v) is 4.09. The Hall–Kier alpha value is -2.04. The van der Waals surface area contributed by atoms with Gasteiger partial charge in [-0.25, -0.2) is 0 Å². The Balaban J connectivity index is 2.53. The van der Waals surface area contributed by atoms with Gasteiger partial charge in [0.15, 0.2) is 0 Å². The third-order valence-electron chi connectivity index (χ3n) is 2.56. The molecule has 5 nitrogen and oxygen atoms in total. The summed E-state index contributed by atoms with van der Waals surface area (Å²) in [6.07, 6.45) is 0.306. The van der Waals surface area contributed by atoms with Crippen molar-refractivity contribution in [2.24, 2.45) is 0 Å². The Morgan fingerprint density at radius 2 is 1.89 bits per heavy atom. The molecular weight excluding hydrogens is 230 g/mol. The van der Waals surface area contributed by atoms with E-state index < -0.39 is 0 Å². The lowest BCUT2D eigenvalue weighted by molar-refractivity contribution is -0.128. The van der Waals surface area contributed by atoms with Crippen LogP contribution in [0.1, 0.15) is 16.8 Å². The number of hydrogen-bond donors (Lipinski definition) is 2. The van der Waals surface area contributed by atoms with Gasteiger partial charge in [0.1, 0.15) is 0 Å². The number of amides is 2. The second kappa shape index (κ2) is 6.64. The molecular formula is C13H19N3O2. The molecule has 0 unspecified atom stereocenters. The highest BCUT2D eigenvalue weighted by Crippen LogP contribution is 2.13. The Labute approximate surface area is 107 Å². The molecule has 0 aromatic heterocycles. The summed E-state index contributed by atoms with van der Waals surface area (Å²) < 4.78 is 0. The van der Waals surface area contributed by atoms with E-state index in [2.05, 4.69) is 10.6 Å². The number of para-hydroxylation sites is 1. The first-order valence-corrected chi connectivity index (χ1v) is 5.81. The molecule has 1 aromatic rings. The number of nitrogens with zero attached hydrogens (tertiary/aromatic N) is 1. The van der Waals surface area contributed by atoms with Gasteiger partial charge in [-0.05, 0) is 12.1 Å². The Morgan fingerprint density at radius 1 is 1.22 bits per heavy atom. The molecule has 0 aliphatic carbocycles. The van der Waals surface area contributed by atoms with Gasteiger partial charge in [0.2, 0.25) is 5.91 Å². The van der Waals surface area contributed by atoms with Gasteiger partial charge >= 0.3 is 0 Å². The number of benzene rings is 1. The molecule has 0 atom stereocenters. The van der Waals surface area contributed by atoms with E-state index in [4.69, 9.17) is 0 Å². The largest absolute Gasteiger partial charge is 0.387 e. The normalized spacial score (nSPS) is 9.72. The molecule has 0 bridgehead atoms. The molecule has 0 fully saturated rings. The van der Waals surface area contributed by atoms with E-state index in [1.807, 2.05) is 12.1 Å². The third-order valence-corrected chi connectivity index (χ3v) is 2.56. The van der Waals surface area contributed by atoms with Crippen molar-refractivity contribution in [2.45, 2.75) is 6.42 Å². The molecule has 0 radical (unpaired) electrons. The average molecular weight is 249 g/mol. The first-order valence-electron chi connectivity index (χ1n) is 5.81. The van der Waals surface area contributed by atoms with E-state index in [1.165, 1.54) is 4.90 Å². The number of anilines is 1. The van der Waals surface area contributed by atoms with E-state index >= 15 is 0 Å². The maximum atomic E-state index is 11.9. The molecule has 0 aliphatic rings. The smallest absolute Gasteiger partial charge is 0.253 e. The summed E-state index contributed by atoms with van der Waals surface area (Å²) >= 11 is 0. The Kier molecular flexibility index (Phi) is 5.17. The van der Waals surface area contributed by atoms with Gasteiger partial charge in [0, 0.05) is 39.8 Å². The first-order chi connectivity index (χ1) is 8.56. The fourth-order valence-corrected chi connectivity index (χ4v) is 1.50. The summed E-state index contributed by atoms with van der Waals surface area (Å²) in [7, 11) is 5.16. The molecule has 5 heteroatoms. The van der Waals surface area contributed by atoms with Gasteiger partial charge in [0.25, 0.3) is 5.91 Å². The molecule has 0 spiro atoms. The van der Waals surface area contributed by atoms with E-state index in [0.29, 0.717) is 18.5 Å². The summed E-state index contributed by atoms with van der Waals surface area (Å²) in [4.78, 5) is 24.8. The van der Waals surface area contributed by atoms with Crippen molar-refractivity contribution in [3.8, 4) is 0 Å². The van der Waals surface area contributed by atoms with Crippen LogP contribution in [0.5, 0.6) is 0 Å². The highest BCUT2D eigenvalue weighted by atomic mass is 16.2. The lowest BCUT2D eigenvalue weighted by atomic mass is 10.1. The predicted molar refractivity (Wildman–Crippen MR) is 71.6 cm³/mol. The third kappa shape index (κ3) is 3.76. The van der Waals surface area contributed by atoms with Crippen LogP contribution < -0.4 is 10.6 Å². The number of carbonyl (C=O) groups excluding carboxylic acids is 2. The standard InChI is InChI=1S/C13H19N3O2/c1-14-11-7-5-4-6-10(11)13(18)15-9-8-12(17)16(2)3/h4-7,14H,8-9H2,1-3H3,(H,15,18). The van der Waals surface area contributed by atoms with Gasteiger partial charge in [-0.3, -0.25) is 9.59 Å². The van der Waals surface area contributed by atoms with Crippen LogP contribution in [0, 0.1) is 0 Å². The predicted octanol–water partition coefficient (Wildman–Crippen LogP) is 0.936. The molecule has 0 saturated carbocycles. The fraction of sp³-hybridized carbons (Fsp3) is 0.385. The number of hydrogen-bond acceptors (Lipinski definition) is 3. The summed E-state index contributed by atoms with van der Waals surface area (Å²) in [6, 6.07) is 7.24. The van der Waals surface area contributed by atoms with Gasteiger partial charge in [0.05, 0.1) is 5.56 Å². The second-order valence-electron chi connectivity index (χ2n) is 4.09. The molecule has 1 rings (SSSR count). The topological polar surface area (TPSA) is 61.4 Å². The maximum absolute atomic E-state index is 11.9. The van der Waals surface area contributed by atoms with Crippen LogP contribution in [0.3, 0.4) is 0 Å². The van der Waals surface area contributed by atoms with Crippen LogP contribution in [0.15, 0.2) is 24.3 Å². The molecule has 1 aromatic carbocycles. The van der Waals surface area contributed by atoms with Crippen molar-refractivity contribution < 1.29 is 9.59 Å². The van der Waals surface area contributed by atoms with Crippen molar-refractivity contribution in [2.75, 3.05) is 33.0 Å². The van der Waals surface area contributed by atoms with Gasteiger partial charge in [-0.2, -0.15) is 0 Å². The van der Waals surface area contributed by atoms with Gasteiger partial charge in [-0.1, -0.05) is 12.1 Å². The molecule has 2 N–H and O–H groups in total. The van der Waals surface area contributed by atoms with Crippen LogP contribution in [0.4, 0.5) is 5.69 Å². The maximum Gasteiger partial charge on any atom is 0.253 e. The molecule has 0 aliphatic heterocycles. The fourth-order valence-electron chi connectivity index (χ4n) is 1.50. The Morgan fingerprint density at radius 3 is 2.50 bits per heavy atom. The lowest BCUT2D eigenvalue weighted by Crippen LogP contribution is -2.30. The van der Waals surface area contributed by atoms with Crippen LogP contribution >= 0.6 is 0 Å². The number of carbonyl (C=O) groups is 2. The molecule has 2 amide bonds. The minimum absolute atomic E-state index is 0.00259. The number of rotatable bonds is 5. The zero-order chi connectivity index (χ0) is 13.5. The molecule has 98 valence electrons. The van der Waals surface area contributed by atoms with Crippen molar-refractivity contribution in [3.05, 3.63) is 29.8 Å². The highest BCUT2D eigenvalue weighted by Gasteiger charge is 2.10. The number of nitrogens with one attached hydrogen (secondary N) is 2. The lowest BCUT2D eigenvalue weighted by Gasteiger charge is -2.12. The van der Waals surface area contributed by atoms with Crippen molar-refractivity contribution in [1.29, 1.82) is 0 Å². The minimum Gasteiger partial charge on any atom is -0.387 e. The summed E-state index contributed by atoms with van der Waals surface area (Å²) in [5, 5.41) is 5.69. The monoisotopic (exact) mass is 249 g/mol. The van der Waals surface area contributed by atoms with Crippen LogP contribution in [-0.2, 0) is 4.79 Å². The SMILES string of the molecule is CNc1ccccc1C(=O)NCCC(=O)N(C)C. The summed E-state index contributed by atoms with van der Waals surface area (Å²) in [5.41, 5.74) is 1.35. The van der Waals surface area contributed by atoms with Gasteiger partial charge in [-0.15, -0.1) is 0 Å². The molecule has 0 saturated heterocycles. The van der Waals surface area contributed by atoms with Crippen LogP contribution in [0.25, 0.3) is 0 Å². The highest BCUT2D eigenvalue weighted by molar-refractivity contribution is 5.99. The van der Waals surface area contributed by atoms with E-state index in [1.54, 1.807) is 33.3 Å².